The SMILES string of the molecule is CC(C)(C)ON=Cc1cccc(F)c1. The van der Waals surface area contributed by atoms with E-state index in [-0.39, 0.29) is 11.4 Å². The number of oxime groups is 1. The van der Waals surface area contributed by atoms with E-state index in [2.05, 4.69) is 5.16 Å². The van der Waals surface area contributed by atoms with Gasteiger partial charge in [0.2, 0.25) is 0 Å². The molecule has 0 spiro atoms. The molecule has 0 saturated heterocycles. The van der Waals surface area contributed by atoms with Crippen molar-refractivity contribution >= 4 is 6.21 Å². The summed E-state index contributed by atoms with van der Waals surface area (Å²) in [7, 11) is 0. The fraction of sp³-hybridized carbons (Fsp3) is 0.364. The minimum Gasteiger partial charge on any atom is -0.390 e. The van der Waals surface area contributed by atoms with Gasteiger partial charge >= 0.3 is 0 Å². The van der Waals surface area contributed by atoms with E-state index in [1.54, 1.807) is 12.1 Å². The lowest BCUT2D eigenvalue weighted by atomic mass is 10.2. The van der Waals surface area contributed by atoms with Crippen LogP contribution in [0.25, 0.3) is 0 Å². The Hall–Kier alpha value is -1.38. The third-order valence-corrected chi connectivity index (χ3v) is 1.38. The highest BCUT2D eigenvalue weighted by molar-refractivity contribution is 5.78. The lowest BCUT2D eigenvalue weighted by Gasteiger charge is -2.14. The zero-order valence-corrected chi connectivity index (χ0v) is 8.62. The quantitative estimate of drug-likeness (QED) is 0.525. The van der Waals surface area contributed by atoms with E-state index < -0.39 is 0 Å². The number of halogens is 1. The number of hydrogen-bond acceptors (Lipinski definition) is 2. The van der Waals surface area contributed by atoms with Gasteiger partial charge in [0, 0.05) is 0 Å². The summed E-state index contributed by atoms with van der Waals surface area (Å²) in [6.45, 7) is 5.70. The first kappa shape index (κ1) is 10.7. The molecule has 0 N–H and O–H groups in total. The Morgan fingerprint density at radius 3 is 2.64 bits per heavy atom. The molecule has 0 unspecified atom stereocenters. The number of benzene rings is 1. The van der Waals surface area contributed by atoms with Gasteiger partial charge in [0.15, 0.2) is 0 Å². The van der Waals surface area contributed by atoms with Crippen molar-refractivity contribution in [2.45, 2.75) is 26.4 Å². The maximum absolute atomic E-state index is 12.7. The van der Waals surface area contributed by atoms with Crippen LogP contribution in [0.3, 0.4) is 0 Å². The van der Waals surface area contributed by atoms with Gasteiger partial charge < -0.3 is 4.84 Å². The molecule has 0 bridgehead atoms. The van der Waals surface area contributed by atoms with Crippen molar-refractivity contribution in [3.05, 3.63) is 35.6 Å². The normalized spacial score (nSPS) is 12.0. The first-order chi connectivity index (χ1) is 6.47. The first-order valence-electron chi connectivity index (χ1n) is 4.44. The third kappa shape index (κ3) is 4.03. The number of rotatable bonds is 2. The molecule has 0 fully saturated rings. The Balaban J connectivity index is 2.61. The van der Waals surface area contributed by atoms with Crippen LogP contribution in [0.15, 0.2) is 29.4 Å². The average molecular weight is 195 g/mol. The molecule has 1 aromatic rings. The zero-order valence-electron chi connectivity index (χ0n) is 8.62. The van der Waals surface area contributed by atoms with Gasteiger partial charge in [-0.3, -0.25) is 0 Å². The summed E-state index contributed by atoms with van der Waals surface area (Å²) in [5, 5.41) is 3.76. The third-order valence-electron chi connectivity index (χ3n) is 1.38. The van der Waals surface area contributed by atoms with E-state index in [0.717, 1.165) is 0 Å². The smallest absolute Gasteiger partial charge is 0.129 e. The highest BCUT2D eigenvalue weighted by Gasteiger charge is 2.09. The van der Waals surface area contributed by atoms with Gasteiger partial charge in [-0.2, -0.15) is 0 Å². The second-order valence-electron chi connectivity index (χ2n) is 3.99. The Morgan fingerprint density at radius 2 is 2.07 bits per heavy atom. The molecule has 1 rings (SSSR count). The van der Waals surface area contributed by atoms with Gasteiger partial charge in [0.25, 0.3) is 0 Å². The predicted octanol–water partition coefficient (Wildman–Crippen LogP) is 2.97. The summed E-state index contributed by atoms with van der Waals surface area (Å²) >= 11 is 0. The van der Waals surface area contributed by atoms with E-state index in [0.29, 0.717) is 5.56 Å². The van der Waals surface area contributed by atoms with E-state index in [1.807, 2.05) is 20.8 Å². The van der Waals surface area contributed by atoms with E-state index in [9.17, 15) is 4.39 Å². The summed E-state index contributed by atoms with van der Waals surface area (Å²) in [4.78, 5) is 5.12. The van der Waals surface area contributed by atoms with Crippen LogP contribution in [0.4, 0.5) is 4.39 Å². The topological polar surface area (TPSA) is 21.6 Å². The van der Waals surface area contributed by atoms with Crippen molar-refractivity contribution in [2.24, 2.45) is 5.16 Å². The molecule has 2 nitrogen and oxygen atoms in total. The lowest BCUT2D eigenvalue weighted by molar-refractivity contribution is 0.00199. The molecule has 0 aliphatic rings. The minimum absolute atomic E-state index is 0.273. The molecular formula is C11H14FNO. The van der Waals surface area contributed by atoms with Crippen LogP contribution in [0, 0.1) is 5.82 Å². The largest absolute Gasteiger partial charge is 0.390 e. The van der Waals surface area contributed by atoms with E-state index in [4.69, 9.17) is 4.84 Å². The van der Waals surface area contributed by atoms with Crippen molar-refractivity contribution in [3.8, 4) is 0 Å². The predicted molar refractivity (Wildman–Crippen MR) is 54.8 cm³/mol. The second-order valence-corrected chi connectivity index (χ2v) is 3.99. The van der Waals surface area contributed by atoms with Crippen molar-refractivity contribution in [1.29, 1.82) is 0 Å². The van der Waals surface area contributed by atoms with Gasteiger partial charge in [-0.15, -0.1) is 0 Å². The molecule has 0 radical (unpaired) electrons. The molecule has 0 aliphatic heterocycles. The van der Waals surface area contributed by atoms with Crippen LogP contribution in [0.1, 0.15) is 26.3 Å². The summed E-state index contributed by atoms with van der Waals surface area (Å²) in [6, 6.07) is 6.18. The number of hydrogen-bond donors (Lipinski definition) is 0. The molecular weight excluding hydrogens is 181 g/mol. The van der Waals surface area contributed by atoms with Gasteiger partial charge in [0.1, 0.15) is 11.4 Å². The maximum Gasteiger partial charge on any atom is 0.129 e. The van der Waals surface area contributed by atoms with Crippen molar-refractivity contribution in [3.63, 3.8) is 0 Å². The van der Waals surface area contributed by atoms with Crippen LogP contribution in [0.2, 0.25) is 0 Å². The van der Waals surface area contributed by atoms with Crippen LogP contribution in [0.5, 0.6) is 0 Å². The summed E-state index contributed by atoms with van der Waals surface area (Å²) in [5.41, 5.74) is 0.373. The van der Waals surface area contributed by atoms with Crippen LogP contribution in [-0.4, -0.2) is 11.8 Å². The molecule has 0 saturated carbocycles. The molecule has 0 amide bonds. The molecule has 3 heteroatoms. The molecule has 14 heavy (non-hydrogen) atoms. The second kappa shape index (κ2) is 4.22. The van der Waals surface area contributed by atoms with Crippen LogP contribution >= 0.6 is 0 Å². The first-order valence-corrected chi connectivity index (χ1v) is 4.44. The number of nitrogens with zero attached hydrogens (tertiary/aromatic N) is 1. The fourth-order valence-corrected chi connectivity index (χ4v) is 0.832. The van der Waals surface area contributed by atoms with Crippen molar-refractivity contribution < 1.29 is 9.23 Å². The molecule has 0 aliphatic carbocycles. The summed E-state index contributed by atoms with van der Waals surface area (Å²) in [5.74, 6) is -0.273. The lowest BCUT2D eigenvalue weighted by Crippen LogP contribution is -2.15. The molecule has 1 aromatic carbocycles. The van der Waals surface area contributed by atoms with Gasteiger partial charge in [0.05, 0.1) is 6.21 Å². The Labute approximate surface area is 83.4 Å². The standard InChI is InChI=1S/C11H14FNO/c1-11(2,3)14-13-8-9-5-4-6-10(12)7-9/h4-8H,1-3H3. The van der Waals surface area contributed by atoms with Crippen LogP contribution in [-0.2, 0) is 4.84 Å². The monoisotopic (exact) mass is 195 g/mol. The van der Waals surface area contributed by atoms with Crippen molar-refractivity contribution in [1.82, 2.24) is 0 Å². The maximum atomic E-state index is 12.7. The molecule has 0 heterocycles. The minimum atomic E-state index is -0.316. The highest BCUT2D eigenvalue weighted by atomic mass is 19.1. The zero-order chi connectivity index (χ0) is 10.6. The molecule has 0 atom stereocenters. The highest BCUT2D eigenvalue weighted by Crippen LogP contribution is 2.07. The summed E-state index contributed by atoms with van der Waals surface area (Å²) in [6.07, 6.45) is 1.49. The van der Waals surface area contributed by atoms with Crippen LogP contribution < -0.4 is 0 Å². The summed E-state index contributed by atoms with van der Waals surface area (Å²) < 4.78 is 12.7. The van der Waals surface area contributed by atoms with Gasteiger partial charge in [-0.05, 0) is 38.5 Å². The Morgan fingerprint density at radius 1 is 1.36 bits per heavy atom. The fourth-order valence-electron chi connectivity index (χ4n) is 0.832. The molecule has 0 aromatic heterocycles. The Bertz CT molecular complexity index is 328. The van der Waals surface area contributed by atoms with Gasteiger partial charge in [-0.1, -0.05) is 17.3 Å². The Kier molecular flexibility index (Phi) is 3.23. The van der Waals surface area contributed by atoms with Crippen molar-refractivity contribution in [2.75, 3.05) is 0 Å². The van der Waals surface area contributed by atoms with Gasteiger partial charge in [-0.25, -0.2) is 4.39 Å². The van der Waals surface area contributed by atoms with E-state index in [1.165, 1.54) is 18.3 Å². The molecule has 76 valence electrons. The average Bonchev–Trinajstić information content (AvgIpc) is 2.01. The van der Waals surface area contributed by atoms with E-state index >= 15 is 0 Å².